The second-order valence-corrected chi connectivity index (χ2v) is 11.3. The molecule has 188 valence electrons. The highest BCUT2D eigenvalue weighted by atomic mass is 16.5. The molecule has 36 heavy (non-hydrogen) atoms. The van der Waals surface area contributed by atoms with Crippen molar-refractivity contribution >= 4 is 23.5 Å². The molecule has 3 fully saturated rings. The lowest BCUT2D eigenvalue weighted by Crippen LogP contribution is -2.57. The Hall–Kier alpha value is -3.62. The molecule has 0 spiro atoms. The summed E-state index contributed by atoms with van der Waals surface area (Å²) in [5.41, 5.74) is 15.1. The topological polar surface area (TPSA) is 142 Å². The molecule has 3 saturated carbocycles. The number of hydrogen-bond donors (Lipinski definition) is 3. The molecule has 9 heteroatoms. The van der Waals surface area contributed by atoms with E-state index in [0.29, 0.717) is 23.3 Å². The summed E-state index contributed by atoms with van der Waals surface area (Å²) in [5, 5.41) is 11.8. The Morgan fingerprint density at radius 1 is 1.22 bits per heavy atom. The number of nitrogens with one attached hydrogen (secondary N) is 1. The van der Waals surface area contributed by atoms with Gasteiger partial charge in [-0.2, -0.15) is 5.10 Å². The van der Waals surface area contributed by atoms with E-state index in [1.165, 1.54) is 6.42 Å². The molecule has 0 bridgehead atoms. The van der Waals surface area contributed by atoms with E-state index in [2.05, 4.69) is 29.4 Å². The van der Waals surface area contributed by atoms with Crippen LogP contribution >= 0.6 is 0 Å². The molecule has 1 aromatic carbocycles. The molecule has 0 aliphatic heterocycles. The Morgan fingerprint density at radius 2 is 1.94 bits per heavy atom. The molecular formula is C27H32N6O3. The Labute approximate surface area is 209 Å². The van der Waals surface area contributed by atoms with Crippen LogP contribution in [0.2, 0.25) is 0 Å². The van der Waals surface area contributed by atoms with Gasteiger partial charge in [0.05, 0.1) is 17.2 Å². The first-order chi connectivity index (χ1) is 17.1. The van der Waals surface area contributed by atoms with Crippen molar-refractivity contribution in [3.05, 3.63) is 47.2 Å². The van der Waals surface area contributed by atoms with Crippen molar-refractivity contribution in [3.8, 4) is 11.3 Å². The largest absolute Gasteiger partial charge is 0.383 e. The van der Waals surface area contributed by atoms with Crippen molar-refractivity contribution in [3.63, 3.8) is 0 Å². The summed E-state index contributed by atoms with van der Waals surface area (Å²) in [6.07, 6.45) is 5.44. The lowest BCUT2D eigenvalue weighted by Gasteiger charge is -2.61. The number of nitrogens with two attached hydrogens (primary N) is 2. The molecule has 2 heterocycles. The average molecular weight is 489 g/mol. The van der Waals surface area contributed by atoms with Crippen LogP contribution in [0, 0.1) is 11.8 Å². The number of amides is 2. The van der Waals surface area contributed by atoms with Gasteiger partial charge in [0.25, 0.3) is 5.91 Å². The number of hydrogen-bond acceptors (Lipinski definition) is 6. The Bertz CT molecular complexity index is 1370. The van der Waals surface area contributed by atoms with Crippen molar-refractivity contribution in [2.45, 2.75) is 69.7 Å². The van der Waals surface area contributed by atoms with Crippen LogP contribution < -0.4 is 16.8 Å². The standard InChI is InChI=1S/C27H32N6O3/c1-14-13-27(9-8-18(14)27)19-12-20(36-32-19)30-25(35)15(2)16-4-6-17(7-5-16)22-21(24(29)34)23(28)33(31-22)26(3)10-11-26/h4-7,12,14-15,18H,8-11,13,28H2,1-3H3,(H2,29,34)(H,30,35). The molecule has 4 unspecified atom stereocenters. The van der Waals surface area contributed by atoms with Crippen LogP contribution in [0.1, 0.15) is 80.4 Å². The monoisotopic (exact) mass is 488 g/mol. The Morgan fingerprint density at radius 3 is 2.50 bits per heavy atom. The minimum atomic E-state index is -0.606. The maximum Gasteiger partial charge on any atom is 0.254 e. The van der Waals surface area contributed by atoms with Crippen molar-refractivity contribution in [2.24, 2.45) is 17.6 Å². The van der Waals surface area contributed by atoms with Gasteiger partial charge in [-0.05, 0) is 63.4 Å². The number of anilines is 2. The highest BCUT2D eigenvalue weighted by Crippen LogP contribution is 2.64. The number of fused-ring (bicyclic) bond motifs is 1. The van der Waals surface area contributed by atoms with Crippen molar-refractivity contribution in [2.75, 3.05) is 11.1 Å². The average Bonchev–Trinajstić information content (AvgIpc) is 3.24. The van der Waals surface area contributed by atoms with E-state index in [1.54, 1.807) is 4.68 Å². The first-order valence-corrected chi connectivity index (χ1v) is 12.7. The number of nitrogen functional groups attached to an aromatic ring is 1. The van der Waals surface area contributed by atoms with Gasteiger partial charge in [-0.15, -0.1) is 0 Å². The summed E-state index contributed by atoms with van der Waals surface area (Å²) < 4.78 is 7.19. The number of nitrogens with zero attached hydrogens (tertiary/aromatic N) is 3. The minimum Gasteiger partial charge on any atom is -0.383 e. The SMILES string of the molecule is CC(C(=O)Nc1cc(C23CCC2C(C)C3)no1)c1ccc(-c2nn(C3(C)CC3)c(N)c2C(N)=O)cc1. The van der Waals surface area contributed by atoms with Crippen LogP contribution in [0.5, 0.6) is 0 Å². The summed E-state index contributed by atoms with van der Waals surface area (Å²) in [4.78, 5) is 25.1. The van der Waals surface area contributed by atoms with Gasteiger partial charge in [0, 0.05) is 17.0 Å². The van der Waals surface area contributed by atoms with E-state index in [1.807, 2.05) is 37.3 Å². The number of primary amides is 1. The zero-order chi connectivity index (χ0) is 25.4. The normalized spacial score (nSPS) is 26.3. The molecule has 9 nitrogen and oxygen atoms in total. The second kappa shape index (κ2) is 7.69. The van der Waals surface area contributed by atoms with Gasteiger partial charge >= 0.3 is 0 Å². The van der Waals surface area contributed by atoms with Gasteiger partial charge in [-0.1, -0.05) is 36.3 Å². The van der Waals surface area contributed by atoms with Gasteiger partial charge in [0.15, 0.2) is 0 Å². The highest BCUT2D eigenvalue weighted by Gasteiger charge is 2.60. The first kappa shape index (κ1) is 22.8. The third-order valence-corrected chi connectivity index (χ3v) is 8.98. The van der Waals surface area contributed by atoms with Gasteiger partial charge in [0.1, 0.15) is 17.1 Å². The van der Waals surface area contributed by atoms with Crippen molar-refractivity contribution < 1.29 is 14.1 Å². The lowest BCUT2D eigenvalue weighted by molar-refractivity contribution is -0.117. The third-order valence-electron chi connectivity index (χ3n) is 8.98. The van der Waals surface area contributed by atoms with E-state index in [9.17, 15) is 9.59 Å². The summed E-state index contributed by atoms with van der Waals surface area (Å²) in [6, 6.07) is 9.29. The van der Waals surface area contributed by atoms with Gasteiger partial charge in [-0.3, -0.25) is 14.9 Å². The maximum atomic E-state index is 13.0. The molecule has 2 aromatic heterocycles. The highest BCUT2D eigenvalue weighted by molar-refractivity contribution is 6.03. The fraction of sp³-hybridized carbons (Fsp3) is 0.481. The molecule has 3 aliphatic rings. The van der Waals surface area contributed by atoms with Gasteiger partial charge < -0.3 is 16.0 Å². The summed E-state index contributed by atoms with van der Waals surface area (Å²) in [5.74, 6) is 0.900. The van der Waals surface area contributed by atoms with Crippen LogP contribution in [0.25, 0.3) is 11.3 Å². The molecule has 4 atom stereocenters. The molecular weight excluding hydrogens is 456 g/mol. The third kappa shape index (κ3) is 3.28. The van der Waals surface area contributed by atoms with Crippen LogP contribution in [0.4, 0.5) is 11.7 Å². The fourth-order valence-electron chi connectivity index (χ4n) is 6.28. The molecule has 2 amide bonds. The van der Waals surface area contributed by atoms with Gasteiger partial charge in [0.2, 0.25) is 11.8 Å². The summed E-state index contributed by atoms with van der Waals surface area (Å²) in [7, 11) is 0. The minimum absolute atomic E-state index is 0.157. The van der Waals surface area contributed by atoms with Crippen molar-refractivity contribution in [1.29, 1.82) is 0 Å². The summed E-state index contributed by atoms with van der Waals surface area (Å²) >= 11 is 0. The molecule has 3 aliphatic carbocycles. The van der Waals surface area contributed by atoms with E-state index < -0.39 is 11.8 Å². The van der Waals surface area contributed by atoms with E-state index >= 15 is 0 Å². The maximum absolute atomic E-state index is 13.0. The molecule has 0 radical (unpaired) electrons. The lowest BCUT2D eigenvalue weighted by atomic mass is 9.42. The van der Waals surface area contributed by atoms with Crippen LogP contribution in [-0.2, 0) is 15.7 Å². The smallest absolute Gasteiger partial charge is 0.254 e. The van der Waals surface area contributed by atoms with Crippen LogP contribution in [0.3, 0.4) is 0 Å². The fourth-order valence-corrected chi connectivity index (χ4v) is 6.28. The first-order valence-electron chi connectivity index (χ1n) is 12.7. The van der Waals surface area contributed by atoms with Gasteiger partial charge in [-0.25, -0.2) is 4.68 Å². The van der Waals surface area contributed by atoms with Crippen molar-refractivity contribution in [1.82, 2.24) is 14.9 Å². The Balaban J connectivity index is 1.18. The zero-order valence-electron chi connectivity index (χ0n) is 20.9. The molecule has 6 rings (SSSR count). The van der Waals surface area contributed by atoms with Crippen LogP contribution in [-0.4, -0.2) is 26.8 Å². The number of rotatable bonds is 7. The number of benzene rings is 1. The summed E-state index contributed by atoms with van der Waals surface area (Å²) in [6.45, 7) is 6.19. The van der Waals surface area contributed by atoms with Crippen LogP contribution in [0.15, 0.2) is 34.9 Å². The molecule has 0 saturated heterocycles. The number of aromatic nitrogens is 3. The molecule has 5 N–H and O–H groups in total. The number of carbonyl (C=O) groups excluding carboxylic acids is 2. The predicted molar refractivity (Wildman–Crippen MR) is 135 cm³/mol. The predicted octanol–water partition coefficient (Wildman–Crippen LogP) is 4.16. The van der Waals surface area contributed by atoms with E-state index in [4.69, 9.17) is 16.0 Å². The quantitative estimate of drug-likeness (QED) is 0.456. The van der Waals surface area contributed by atoms with E-state index in [0.717, 1.165) is 48.4 Å². The molecule has 3 aromatic rings. The zero-order valence-corrected chi connectivity index (χ0v) is 20.9. The van der Waals surface area contributed by atoms with E-state index in [-0.39, 0.29) is 22.4 Å². The second-order valence-electron chi connectivity index (χ2n) is 11.3. The number of carbonyl (C=O) groups is 2. The Kier molecular flexibility index (Phi) is 4.87.